The van der Waals surface area contributed by atoms with Crippen LogP contribution in [0.4, 0.5) is 0 Å². The number of rotatable bonds is 6. The van der Waals surface area contributed by atoms with Crippen LogP contribution < -0.4 is 26.1 Å². The van der Waals surface area contributed by atoms with Gasteiger partial charge in [-0.05, 0) is 0 Å². The third kappa shape index (κ3) is 11.3. The molecule has 0 fully saturated rings. The zero-order valence-corrected chi connectivity index (χ0v) is 31.0. The first-order valence-corrected chi connectivity index (χ1v) is 20.5. The van der Waals surface area contributed by atoms with Gasteiger partial charge in [-0.2, -0.15) is 10.5 Å². The number of hydrogen-bond donors (Lipinski definition) is 0. The van der Waals surface area contributed by atoms with Crippen LogP contribution in [-0.4, -0.2) is 29.3 Å². The molecule has 0 atom stereocenters. The van der Waals surface area contributed by atoms with Crippen molar-refractivity contribution >= 4 is 55.4 Å². The molecule has 0 unspecified atom stereocenters. The quantitative estimate of drug-likeness (QED) is 0.189. The second-order valence-corrected chi connectivity index (χ2v) is 19.8. The van der Waals surface area contributed by atoms with Crippen molar-refractivity contribution in [3.63, 3.8) is 0 Å². The van der Waals surface area contributed by atoms with Gasteiger partial charge in [0.05, 0.1) is 0 Å². The number of hydrogen-bond acceptors (Lipinski definition) is 2. The van der Waals surface area contributed by atoms with Gasteiger partial charge >= 0.3 is 237 Å². The first kappa shape index (κ1) is 35.1. The van der Waals surface area contributed by atoms with Crippen molar-refractivity contribution in [1.82, 2.24) is 0 Å². The molecule has 0 heterocycles. The van der Waals surface area contributed by atoms with Crippen molar-refractivity contribution in [2.24, 2.45) is 0 Å². The van der Waals surface area contributed by atoms with E-state index in [9.17, 15) is 0 Å². The summed E-state index contributed by atoms with van der Waals surface area (Å²) in [5.74, 6) is 3.78. The van der Waals surface area contributed by atoms with E-state index in [1.807, 2.05) is 11.8 Å². The summed E-state index contributed by atoms with van der Waals surface area (Å²) in [6.45, 7) is 0. The second-order valence-electron chi connectivity index (χ2n) is 9.42. The summed E-state index contributed by atoms with van der Waals surface area (Å²) in [7, 11) is 0. The van der Waals surface area contributed by atoms with Crippen LogP contribution in [0.3, 0.4) is 0 Å². The Morgan fingerprint density at radius 2 is 0.444 bits per heavy atom. The molecule has 45 heavy (non-hydrogen) atoms. The monoisotopic (exact) mass is 885 g/mol. The van der Waals surface area contributed by atoms with Crippen LogP contribution in [-0.2, 0) is 21.1 Å². The molecule has 222 valence electrons. The Balaban J connectivity index is 0.000000205. The minimum absolute atomic E-state index is 0. The minimum atomic E-state index is -1.63. The molecule has 0 aromatic heterocycles. The van der Waals surface area contributed by atoms with Crippen molar-refractivity contribution in [2.45, 2.75) is 0 Å². The predicted octanol–water partition coefficient (Wildman–Crippen LogP) is 3.90. The summed E-state index contributed by atoms with van der Waals surface area (Å²) in [5, 5.41) is 15.2. The summed E-state index contributed by atoms with van der Waals surface area (Å²) in [6, 6.07) is 68.6. The molecule has 0 N–H and O–H groups in total. The fraction of sp³-hybridized carbons (Fsp3) is 0. The Bertz CT molecular complexity index is 1490. The number of nitriles is 2. The van der Waals surface area contributed by atoms with Crippen LogP contribution in [0.5, 0.6) is 0 Å². The van der Waals surface area contributed by atoms with Crippen molar-refractivity contribution in [3.8, 4) is 24.0 Å². The number of benzene rings is 6. The first-order valence-electron chi connectivity index (χ1n) is 14.2. The summed E-state index contributed by atoms with van der Waals surface area (Å²) < 4.78 is 9.00. The van der Waals surface area contributed by atoms with E-state index in [0.717, 1.165) is 0 Å². The zero-order chi connectivity index (χ0) is 30.7. The molecular formula is C40H32As2N2Pt. The Labute approximate surface area is 290 Å². The normalized spacial score (nSPS) is 9.33. The van der Waals surface area contributed by atoms with Crippen molar-refractivity contribution in [3.05, 3.63) is 182 Å². The predicted molar refractivity (Wildman–Crippen MR) is 190 cm³/mol. The van der Waals surface area contributed by atoms with E-state index >= 15 is 0 Å². The van der Waals surface area contributed by atoms with E-state index in [2.05, 4.69) is 182 Å². The summed E-state index contributed by atoms with van der Waals surface area (Å²) in [5.41, 5.74) is 0. The van der Waals surface area contributed by atoms with Crippen LogP contribution in [0.25, 0.3) is 0 Å². The van der Waals surface area contributed by atoms with Crippen LogP contribution in [0.1, 0.15) is 0 Å². The van der Waals surface area contributed by atoms with E-state index in [0.29, 0.717) is 0 Å². The summed E-state index contributed by atoms with van der Waals surface area (Å²) in [4.78, 5) is 0. The Morgan fingerprint density at radius 1 is 0.289 bits per heavy atom. The molecule has 6 aromatic rings. The molecule has 6 rings (SSSR count). The maximum absolute atomic E-state index is 7.62. The van der Waals surface area contributed by atoms with Crippen LogP contribution in [0, 0.1) is 34.5 Å². The average molecular weight is 886 g/mol. The van der Waals surface area contributed by atoms with Gasteiger partial charge in [-0.15, -0.1) is 0 Å². The van der Waals surface area contributed by atoms with Gasteiger partial charge in [-0.3, -0.25) is 0 Å². The average Bonchev–Trinajstić information content (AvgIpc) is 3.11. The van der Waals surface area contributed by atoms with Crippen LogP contribution in [0.15, 0.2) is 182 Å². The molecule has 0 amide bonds. The van der Waals surface area contributed by atoms with Gasteiger partial charge in [0.2, 0.25) is 0 Å². The first-order chi connectivity index (χ1) is 21.8. The Hall–Kier alpha value is -4.33. The standard InChI is InChI=1S/2C18H16As.C4N2.Pt/c2*1-4-10-16(11-5-1)19(17-12-6-2-7-13-17)18-14-8-3-9-15-18;5-3-1-2-4-6;/h2*1-15,19H;;. The fourth-order valence-corrected chi connectivity index (χ4v) is 15.5. The topological polar surface area (TPSA) is 47.6 Å². The van der Waals surface area contributed by atoms with Crippen molar-refractivity contribution < 1.29 is 21.1 Å². The zero-order valence-electron chi connectivity index (χ0n) is 24.5. The van der Waals surface area contributed by atoms with Crippen LogP contribution in [0.2, 0.25) is 0 Å². The van der Waals surface area contributed by atoms with E-state index in [-0.39, 0.29) is 21.1 Å². The van der Waals surface area contributed by atoms with Crippen molar-refractivity contribution in [1.29, 1.82) is 10.5 Å². The Morgan fingerprint density at radius 3 is 0.578 bits per heavy atom. The van der Waals surface area contributed by atoms with Gasteiger partial charge in [-0.25, -0.2) is 0 Å². The van der Waals surface area contributed by atoms with E-state index in [1.165, 1.54) is 38.2 Å². The molecule has 0 aliphatic rings. The molecule has 0 aliphatic heterocycles. The molecule has 2 nitrogen and oxygen atoms in total. The van der Waals surface area contributed by atoms with Gasteiger partial charge in [0.25, 0.3) is 0 Å². The molecule has 0 aliphatic carbocycles. The molecule has 6 aromatic carbocycles. The Kier molecular flexibility index (Phi) is 16.1. The second kappa shape index (κ2) is 20.6. The molecule has 0 saturated heterocycles. The van der Waals surface area contributed by atoms with E-state index in [4.69, 9.17) is 10.5 Å². The van der Waals surface area contributed by atoms with Gasteiger partial charge < -0.3 is 0 Å². The van der Waals surface area contributed by atoms with E-state index in [1.54, 1.807) is 0 Å². The molecule has 0 bridgehead atoms. The summed E-state index contributed by atoms with van der Waals surface area (Å²) in [6.07, 6.45) is 0. The molecule has 0 spiro atoms. The molecule has 0 saturated carbocycles. The van der Waals surface area contributed by atoms with Gasteiger partial charge in [-0.1, -0.05) is 0 Å². The SMILES string of the molecule is N#CC#CC#N.[Pt].c1ccc([AsH](c2ccccc2)c2ccccc2)cc1.c1ccc([AsH](c2ccccc2)c2ccccc2)cc1. The van der Waals surface area contributed by atoms with Gasteiger partial charge in [0, 0.05) is 32.9 Å². The van der Waals surface area contributed by atoms with Gasteiger partial charge in [0.15, 0.2) is 12.1 Å². The van der Waals surface area contributed by atoms with Crippen molar-refractivity contribution in [2.75, 3.05) is 0 Å². The van der Waals surface area contributed by atoms with Gasteiger partial charge in [0.1, 0.15) is 0 Å². The third-order valence-electron chi connectivity index (χ3n) is 6.55. The van der Waals surface area contributed by atoms with E-state index < -0.39 is 29.3 Å². The summed E-state index contributed by atoms with van der Waals surface area (Å²) >= 11 is -3.26. The fourth-order valence-electron chi connectivity index (χ4n) is 4.68. The molecular weight excluding hydrogens is 853 g/mol. The third-order valence-corrected chi connectivity index (χ3v) is 18.0. The maximum atomic E-state index is 7.62. The number of nitrogens with zero attached hydrogens (tertiary/aromatic N) is 2. The molecule has 2 radical (unpaired) electrons. The van der Waals surface area contributed by atoms with Crippen LogP contribution >= 0.6 is 0 Å². The molecule has 5 heteroatoms.